The lowest BCUT2D eigenvalue weighted by atomic mass is 10.1. The number of aromatic nitrogens is 1. The number of nitrogens with zero attached hydrogens (tertiary/aromatic N) is 2. The fourth-order valence-electron chi connectivity index (χ4n) is 2.64. The van der Waals surface area contributed by atoms with Gasteiger partial charge in [-0.15, -0.1) is 6.58 Å². The van der Waals surface area contributed by atoms with Crippen LogP contribution in [0.4, 0.5) is 0 Å². The van der Waals surface area contributed by atoms with Crippen LogP contribution in [-0.2, 0) is 7.05 Å². The van der Waals surface area contributed by atoms with Crippen molar-refractivity contribution in [3.63, 3.8) is 0 Å². The van der Waals surface area contributed by atoms with Gasteiger partial charge in [0.25, 0.3) is 0 Å². The molecule has 2 aromatic carbocycles. The predicted molar refractivity (Wildman–Crippen MR) is 102 cm³/mol. The van der Waals surface area contributed by atoms with Crippen molar-refractivity contribution in [2.75, 3.05) is 6.54 Å². The summed E-state index contributed by atoms with van der Waals surface area (Å²) >= 11 is 5.09. The maximum Gasteiger partial charge on any atom is 0.187 e. The Bertz CT molecular complexity index is 908. The highest BCUT2D eigenvalue weighted by molar-refractivity contribution is 7.80. The smallest absolute Gasteiger partial charge is 0.187 e. The first-order valence-electron chi connectivity index (χ1n) is 7.35. The zero-order valence-corrected chi connectivity index (χ0v) is 13.7. The van der Waals surface area contributed by atoms with Crippen molar-refractivity contribution >= 4 is 45.4 Å². The molecular weight excluding hydrogens is 304 g/mol. The molecule has 0 spiro atoms. The van der Waals surface area contributed by atoms with Crippen LogP contribution in [0, 0.1) is 0 Å². The lowest BCUT2D eigenvalue weighted by Gasteiger charge is -2.03. The molecule has 23 heavy (non-hydrogen) atoms. The number of hydrazone groups is 1. The number of hydrogen-bond acceptors (Lipinski definition) is 2. The largest absolute Gasteiger partial charge is 0.358 e. The number of hydrogen-bond donors (Lipinski definition) is 2. The summed E-state index contributed by atoms with van der Waals surface area (Å²) in [6.07, 6.45) is 3.51. The van der Waals surface area contributed by atoms with Gasteiger partial charge in [-0.2, -0.15) is 5.10 Å². The van der Waals surface area contributed by atoms with Crippen LogP contribution >= 0.6 is 12.2 Å². The molecule has 3 aromatic rings. The number of para-hydroxylation sites is 1. The summed E-state index contributed by atoms with van der Waals surface area (Å²) in [4.78, 5) is 0. The second-order valence-corrected chi connectivity index (χ2v) is 5.63. The highest BCUT2D eigenvalue weighted by atomic mass is 32.1. The lowest BCUT2D eigenvalue weighted by Crippen LogP contribution is -2.31. The van der Waals surface area contributed by atoms with Crippen molar-refractivity contribution in [1.82, 2.24) is 15.3 Å². The molecule has 0 saturated heterocycles. The quantitative estimate of drug-likeness (QED) is 0.335. The fourth-order valence-corrected chi connectivity index (χ4v) is 2.77. The van der Waals surface area contributed by atoms with Gasteiger partial charge >= 0.3 is 0 Å². The van der Waals surface area contributed by atoms with E-state index in [1.807, 2.05) is 6.07 Å². The minimum atomic E-state index is 0.479. The van der Waals surface area contributed by atoms with Crippen LogP contribution in [0.5, 0.6) is 0 Å². The van der Waals surface area contributed by atoms with Crippen LogP contribution in [0.1, 0.15) is 5.56 Å². The van der Waals surface area contributed by atoms with E-state index in [4.69, 9.17) is 12.2 Å². The van der Waals surface area contributed by atoms with Gasteiger partial charge in [0.2, 0.25) is 0 Å². The standard InChI is InChI=1S/C18H18N4S/c1-3-10-19-18(23)21-20-12-13-8-9-17-15(11-13)14-6-4-5-7-16(14)22(17)2/h3-9,11-12H,1,10H2,2H3,(H2,19,21,23)/b20-12-. The maximum atomic E-state index is 5.09. The topological polar surface area (TPSA) is 41.4 Å². The Hall–Kier alpha value is -2.66. The molecule has 0 bridgehead atoms. The minimum Gasteiger partial charge on any atom is -0.358 e. The highest BCUT2D eigenvalue weighted by Crippen LogP contribution is 2.28. The third kappa shape index (κ3) is 3.10. The van der Waals surface area contributed by atoms with Gasteiger partial charge in [-0.3, -0.25) is 5.43 Å². The molecule has 0 fully saturated rings. The molecule has 0 aliphatic rings. The molecule has 1 aromatic heterocycles. The number of rotatable bonds is 4. The first-order chi connectivity index (χ1) is 11.2. The van der Waals surface area contributed by atoms with Gasteiger partial charge in [-0.25, -0.2) is 0 Å². The maximum absolute atomic E-state index is 5.09. The second-order valence-electron chi connectivity index (χ2n) is 5.22. The summed E-state index contributed by atoms with van der Waals surface area (Å²) in [6, 6.07) is 14.7. The third-order valence-electron chi connectivity index (χ3n) is 3.72. The Morgan fingerprint density at radius 2 is 2.00 bits per heavy atom. The van der Waals surface area contributed by atoms with Crippen molar-refractivity contribution in [1.29, 1.82) is 0 Å². The zero-order chi connectivity index (χ0) is 16.2. The van der Waals surface area contributed by atoms with Crippen LogP contribution in [0.2, 0.25) is 0 Å². The summed E-state index contributed by atoms with van der Waals surface area (Å²) in [5.74, 6) is 0. The van der Waals surface area contributed by atoms with Gasteiger partial charge in [-0.1, -0.05) is 30.3 Å². The minimum absolute atomic E-state index is 0.479. The Kier molecular flexibility index (Phi) is 4.39. The first-order valence-corrected chi connectivity index (χ1v) is 7.76. The monoisotopic (exact) mass is 322 g/mol. The van der Waals surface area contributed by atoms with E-state index < -0.39 is 0 Å². The van der Waals surface area contributed by atoms with Gasteiger partial charge in [0.1, 0.15) is 0 Å². The summed E-state index contributed by atoms with van der Waals surface area (Å²) in [7, 11) is 2.09. The molecule has 0 unspecified atom stereocenters. The predicted octanol–water partition coefficient (Wildman–Crippen LogP) is 3.32. The van der Waals surface area contributed by atoms with Crippen LogP contribution < -0.4 is 10.7 Å². The van der Waals surface area contributed by atoms with E-state index in [-0.39, 0.29) is 0 Å². The molecule has 0 aliphatic carbocycles. The van der Waals surface area contributed by atoms with Crippen molar-refractivity contribution in [3.05, 3.63) is 60.7 Å². The Morgan fingerprint density at radius 1 is 1.22 bits per heavy atom. The van der Waals surface area contributed by atoms with Crippen molar-refractivity contribution in [3.8, 4) is 0 Å². The van der Waals surface area contributed by atoms with E-state index in [9.17, 15) is 0 Å². The van der Waals surface area contributed by atoms with Crippen LogP contribution in [0.3, 0.4) is 0 Å². The molecule has 2 N–H and O–H groups in total. The lowest BCUT2D eigenvalue weighted by molar-refractivity contribution is 0.942. The second kappa shape index (κ2) is 6.62. The normalized spacial score (nSPS) is 11.2. The molecule has 116 valence electrons. The van der Waals surface area contributed by atoms with Gasteiger partial charge < -0.3 is 9.88 Å². The van der Waals surface area contributed by atoms with Crippen LogP contribution in [0.15, 0.2) is 60.2 Å². The Balaban J connectivity index is 1.87. The van der Waals surface area contributed by atoms with Crippen molar-refractivity contribution in [2.24, 2.45) is 12.1 Å². The average Bonchev–Trinajstić information content (AvgIpc) is 2.86. The molecule has 1 heterocycles. The fraction of sp³-hybridized carbons (Fsp3) is 0.111. The van der Waals surface area contributed by atoms with E-state index in [1.165, 1.54) is 21.8 Å². The van der Waals surface area contributed by atoms with E-state index >= 15 is 0 Å². The summed E-state index contributed by atoms with van der Waals surface area (Å²) in [5, 5.41) is 10.1. The zero-order valence-electron chi connectivity index (χ0n) is 12.9. The molecule has 0 aliphatic heterocycles. The molecule has 0 amide bonds. The summed E-state index contributed by atoms with van der Waals surface area (Å²) in [6.45, 7) is 4.24. The molecule has 0 radical (unpaired) electrons. The van der Waals surface area contributed by atoms with Crippen LogP contribution in [0.25, 0.3) is 21.8 Å². The van der Waals surface area contributed by atoms with Crippen molar-refractivity contribution in [2.45, 2.75) is 0 Å². The third-order valence-corrected chi connectivity index (χ3v) is 3.96. The SMILES string of the molecule is C=CCNC(=S)N/N=C\c1ccc2c(c1)c1ccccc1n2C. The molecule has 5 heteroatoms. The van der Waals surface area contributed by atoms with Crippen LogP contribution in [-0.4, -0.2) is 22.4 Å². The summed E-state index contributed by atoms with van der Waals surface area (Å²) < 4.78 is 2.21. The first kappa shape index (κ1) is 15.2. The van der Waals surface area contributed by atoms with Gasteiger partial charge in [0.15, 0.2) is 5.11 Å². The molecule has 4 nitrogen and oxygen atoms in total. The van der Waals surface area contributed by atoms with E-state index in [0.29, 0.717) is 11.7 Å². The average molecular weight is 322 g/mol. The Morgan fingerprint density at radius 3 is 2.83 bits per heavy atom. The number of thiocarbonyl (C=S) groups is 1. The number of benzene rings is 2. The molecule has 0 atom stereocenters. The molecule has 0 saturated carbocycles. The number of fused-ring (bicyclic) bond motifs is 3. The summed E-state index contributed by atoms with van der Waals surface area (Å²) in [5.41, 5.74) is 6.25. The number of nitrogens with one attached hydrogen (secondary N) is 2. The van der Waals surface area contributed by atoms with Gasteiger partial charge in [0.05, 0.1) is 6.21 Å². The van der Waals surface area contributed by atoms with Gasteiger partial charge in [0, 0.05) is 35.4 Å². The van der Waals surface area contributed by atoms with E-state index in [2.05, 4.69) is 70.4 Å². The molecular formula is C18H18N4S. The molecule has 3 rings (SSSR count). The highest BCUT2D eigenvalue weighted by Gasteiger charge is 2.07. The number of aryl methyl sites for hydroxylation is 1. The van der Waals surface area contributed by atoms with Gasteiger partial charge in [-0.05, 0) is 36.0 Å². The van der Waals surface area contributed by atoms with E-state index in [1.54, 1.807) is 12.3 Å². The van der Waals surface area contributed by atoms with E-state index in [0.717, 1.165) is 5.56 Å². The Labute approximate surface area is 140 Å². The van der Waals surface area contributed by atoms with Crippen molar-refractivity contribution < 1.29 is 0 Å².